The van der Waals surface area contributed by atoms with E-state index in [0.717, 1.165) is 77.0 Å². The van der Waals surface area contributed by atoms with E-state index >= 15 is 0 Å². The second-order valence-electron chi connectivity index (χ2n) is 26.2. The lowest BCUT2D eigenvalue weighted by Crippen LogP contribution is -2.54. The summed E-state index contributed by atoms with van der Waals surface area (Å²) in [5.74, 6) is 2.36. The van der Waals surface area contributed by atoms with Crippen LogP contribution in [-0.4, -0.2) is 84.3 Å². The number of hydrogen-bond donors (Lipinski definition) is 0. The molecule has 9 aliphatic rings. The summed E-state index contributed by atoms with van der Waals surface area (Å²) in [7, 11) is 0. The van der Waals surface area contributed by atoms with Crippen LogP contribution in [0.25, 0.3) is 0 Å². The second kappa shape index (κ2) is 19.3. The first kappa shape index (κ1) is 52.3. The average molecular weight is 995 g/mol. The summed E-state index contributed by atoms with van der Waals surface area (Å²) in [5.41, 5.74) is 0.574. The van der Waals surface area contributed by atoms with Crippen LogP contribution in [0.15, 0.2) is 0 Å². The molecular weight excluding hydrogens is 911 g/mol. The van der Waals surface area contributed by atoms with Gasteiger partial charge in [-0.15, -0.1) is 0 Å². The Morgan fingerprint density at radius 1 is 0.486 bits per heavy atom. The molecule has 0 spiro atoms. The van der Waals surface area contributed by atoms with Crippen molar-refractivity contribution < 1.29 is 55.0 Å². The average Bonchev–Trinajstić information content (AvgIpc) is 3.86. The number of ether oxygens (including phenoxy) is 2. The summed E-state index contributed by atoms with van der Waals surface area (Å²) >= 11 is 0. The first-order valence-electron chi connectivity index (χ1n) is 28.0. The van der Waals surface area contributed by atoms with E-state index in [9.17, 15) is 45.5 Å². The Hall–Kier alpha value is -2.54. The Morgan fingerprint density at radius 3 is 1.19 bits per heavy atom. The van der Waals surface area contributed by atoms with Gasteiger partial charge >= 0.3 is 24.3 Å². The standard InChI is InChI=1S/C56H84F6N2O6/c1-33(41-13-15-43-39-11-9-35-31-37(69-49(67)55(57,58)59)19-23-51(35,3)45(39)21-25-53(41,43)5)7-17-47(65)63-27-29-64(30-28-63)48(66)18-8-34(2)42-14-16-44-40-12-10-36-32-38(70-50(68)56(60,61)62)20-24-52(36,4)46(40)22-26-54(42,44)6/h33-46H,7-32H2,1-6H3/t33-,34-,35-,36-,37-,38-,39+,40+,41-,42-,43+,44+,45+,46+,51+,52+,53-,54-/m1/s1. The molecule has 0 radical (unpaired) electrons. The van der Waals surface area contributed by atoms with Crippen molar-refractivity contribution in [1.82, 2.24) is 9.80 Å². The lowest BCUT2D eigenvalue weighted by molar-refractivity contribution is -0.210. The third kappa shape index (κ3) is 9.47. The van der Waals surface area contributed by atoms with Crippen LogP contribution in [0.1, 0.15) is 183 Å². The van der Waals surface area contributed by atoms with Gasteiger partial charge in [-0.2, -0.15) is 26.3 Å². The molecule has 0 aromatic rings. The minimum atomic E-state index is -4.96. The Kier molecular flexibility index (Phi) is 14.4. The molecule has 8 aliphatic carbocycles. The number of carbonyl (C=O) groups excluding carboxylic acids is 4. The minimum Gasteiger partial charge on any atom is -0.456 e. The number of nitrogens with zero attached hydrogens (tertiary/aromatic N) is 2. The van der Waals surface area contributed by atoms with Gasteiger partial charge in [-0.3, -0.25) is 9.59 Å². The highest BCUT2D eigenvalue weighted by molar-refractivity contribution is 5.78. The van der Waals surface area contributed by atoms with Crippen LogP contribution in [0, 0.1) is 92.7 Å². The fourth-order valence-electron chi connectivity index (χ4n) is 19.7. The highest BCUT2D eigenvalue weighted by atomic mass is 19.4. The topological polar surface area (TPSA) is 93.2 Å². The largest absolute Gasteiger partial charge is 0.490 e. The lowest BCUT2D eigenvalue weighted by Gasteiger charge is -2.61. The van der Waals surface area contributed by atoms with E-state index in [1.807, 2.05) is 9.80 Å². The molecular formula is C56H84F6N2O6. The first-order chi connectivity index (χ1) is 32.9. The van der Waals surface area contributed by atoms with Crippen molar-refractivity contribution in [2.45, 2.75) is 207 Å². The number of esters is 2. The molecule has 14 heteroatoms. The molecule has 18 atom stereocenters. The molecule has 8 saturated carbocycles. The first-order valence-corrected chi connectivity index (χ1v) is 28.0. The summed E-state index contributed by atoms with van der Waals surface area (Å²) in [5, 5.41) is 0. The van der Waals surface area contributed by atoms with E-state index in [2.05, 4.69) is 41.5 Å². The third-order valence-corrected chi connectivity index (χ3v) is 23.4. The van der Waals surface area contributed by atoms with Crippen molar-refractivity contribution >= 4 is 23.8 Å². The molecule has 1 heterocycles. The number of halogens is 6. The van der Waals surface area contributed by atoms with Gasteiger partial charge in [0, 0.05) is 39.0 Å². The number of piperazine rings is 1. The number of carbonyl (C=O) groups is 4. The van der Waals surface area contributed by atoms with Crippen molar-refractivity contribution in [1.29, 1.82) is 0 Å². The maximum Gasteiger partial charge on any atom is 0.490 e. The van der Waals surface area contributed by atoms with Crippen LogP contribution < -0.4 is 0 Å². The third-order valence-electron chi connectivity index (χ3n) is 23.4. The van der Waals surface area contributed by atoms with Crippen molar-refractivity contribution in [3.05, 3.63) is 0 Å². The van der Waals surface area contributed by atoms with E-state index < -0.39 is 36.5 Å². The Labute approximate surface area is 413 Å². The van der Waals surface area contributed by atoms with E-state index in [0.29, 0.717) is 124 Å². The van der Waals surface area contributed by atoms with Gasteiger partial charge in [-0.1, -0.05) is 41.5 Å². The molecule has 0 bridgehead atoms. The summed E-state index contributed by atoms with van der Waals surface area (Å²) in [4.78, 5) is 54.6. The van der Waals surface area contributed by atoms with E-state index in [1.165, 1.54) is 25.7 Å². The van der Waals surface area contributed by atoms with E-state index in [4.69, 9.17) is 9.47 Å². The molecule has 2 amide bonds. The maximum absolute atomic E-state index is 13.7. The number of rotatable bonds is 10. The molecule has 0 unspecified atom stereocenters. The zero-order valence-electron chi connectivity index (χ0n) is 43.1. The number of fused-ring (bicyclic) bond motifs is 10. The maximum atomic E-state index is 13.7. The van der Waals surface area contributed by atoms with Crippen LogP contribution in [0.3, 0.4) is 0 Å². The van der Waals surface area contributed by atoms with Gasteiger partial charge in [0.2, 0.25) is 11.8 Å². The second-order valence-corrected chi connectivity index (χ2v) is 26.2. The van der Waals surface area contributed by atoms with Gasteiger partial charge in [0.05, 0.1) is 0 Å². The predicted molar refractivity (Wildman–Crippen MR) is 252 cm³/mol. The number of amides is 2. The van der Waals surface area contributed by atoms with Crippen molar-refractivity contribution in [2.75, 3.05) is 26.2 Å². The summed E-state index contributed by atoms with van der Waals surface area (Å²) in [6.45, 7) is 16.8. The van der Waals surface area contributed by atoms with Crippen molar-refractivity contribution in [3.63, 3.8) is 0 Å². The highest BCUT2D eigenvalue weighted by Gasteiger charge is 2.63. The predicted octanol–water partition coefficient (Wildman–Crippen LogP) is 12.8. The van der Waals surface area contributed by atoms with Crippen molar-refractivity contribution in [2.24, 2.45) is 92.7 Å². The van der Waals surface area contributed by atoms with Gasteiger partial charge in [-0.25, -0.2) is 9.59 Å². The zero-order valence-corrected chi connectivity index (χ0v) is 43.1. The fraction of sp³-hybridized carbons (Fsp3) is 0.929. The van der Waals surface area contributed by atoms with Gasteiger partial charge in [0.1, 0.15) is 12.2 Å². The lowest BCUT2D eigenvalue weighted by atomic mass is 9.44. The van der Waals surface area contributed by atoms with Gasteiger partial charge < -0.3 is 19.3 Å². The quantitative estimate of drug-likeness (QED) is 0.160. The number of hydrogen-bond acceptors (Lipinski definition) is 6. The summed E-state index contributed by atoms with van der Waals surface area (Å²) in [6.07, 6.45) is 8.76. The molecule has 1 aliphatic heterocycles. The smallest absolute Gasteiger partial charge is 0.456 e. The monoisotopic (exact) mass is 995 g/mol. The van der Waals surface area contributed by atoms with Crippen molar-refractivity contribution in [3.8, 4) is 0 Å². The molecule has 1 saturated heterocycles. The summed E-state index contributed by atoms with van der Waals surface area (Å²) < 4.78 is 87.8. The van der Waals surface area contributed by atoms with Crippen LogP contribution in [0.4, 0.5) is 26.3 Å². The molecule has 396 valence electrons. The molecule has 70 heavy (non-hydrogen) atoms. The van der Waals surface area contributed by atoms with Crippen LogP contribution in [-0.2, 0) is 28.7 Å². The summed E-state index contributed by atoms with van der Waals surface area (Å²) in [6, 6.07) is 0. The Morgan fingerprint density at radius 2 is 0.829 bits per heavy atom. The Bertz CT molecular complexity index is 1820. The molecule has 8 nitrogen and oxygen atoms in total. The highest BCUT2D eigenvalue weighted by Crippen LogP contribution is 2.70. The molecule has 0 aromatic heterocycles. The zero-order chi connectivity index (χ0) is 50.3. The molecule has 9 fully saturated rings. The molecule has 0 N–H and O–H groups in total. The fourth-order valence-corrected chi connectivity index (χ4v) is 19.7. The minimum absolute atomic E-state index is 0.0648. The van der Waals surface area contributed by atoms with Crippen LogP contribution >= 0.6 is 0 Å². The molecule has 0 aromatic carbocycles. The van der Waals surface area contributed by atoms with Crippen LogP contribution in [0.5, 0.6) is 0 Å². The van der Waals surface area contributed by atoms with E-state index in [-0.39, 0.29) is 45.3 Å². The van der Waals surface area contributed by atoms with Gasteiger partial charge in [0.25, 0.3) is 0 Å². The van der Waals surface area contributed by atoms with E-state index in [1.54, 1.807) is 0 Å². The number of alkyl halides is 6. The molecule has 9 rings (SSSR count). The SMILES string of the molecule is C[C@H](CCC(=O)N1CCN(C(=O)CC[C@@H](C)[C@H]2CC[C@H]3[C@@H]4CC[C@@H]5C[C@H](OC(=O)C(F)(F)F)CC[C@]5(C)[C@H]4CC[C@]23C)CC1)[C@H]1CC[C@H]2[C@@H]3CC[C@@H]4C[C@H](OC(=O)C(F)(F)F)CC[C@]4(C)[C@H]3CC[C@]12C. The van der Waals surface area contributed by atoms with Gasteiger partial charge in [-0.05, 0) is 221 Å². The normalized spacial score (nSPS) is 43.5. The van der Waals surface area contributed by atoms with Crippen LogP contribution in [0.2, 0.25) is 0 Å². The van der Waals surface area contributed by atoms with Gasteiger partial charge in [0.15, 0.2) is 0 Å². The Balaban J connectivity index is 0.697.